The van der Waals surface area contributed by atoms with Crippen molar-refractivity contribution >= 4 is 32.4 Å². The summed E-state index contributed by atoms with van der Waals surface area (Å²) in [6.45, 7) is -0.116. The Morgan fingerprint density at radius 3 is 2.48 bits per heavy atom. The van der Waals surface area contributed by atoms with E-state index in [1.807, 2.05) is 0 Å². The number of nitrogens with zero attached hydrogens (tertiary/aromatic N) is 1. The lowest BCUT2D eigenvalue weighted by molar-refractivity contribution is 0.102. The number of carbonyl (C=O) groups excluding carboxylic acids is 1. The molecule has 0 aliphatic carbocycles. The molecule has 0 aliphatic rings. The van der Waals surface area contributed by atoms with E-state index in [1.165, 1.54) is 47.7 Å². The second-order valence-electron chi connectivity index (χ2n) is 5.94. The Labute approximate surface area is 171 Å². The van der Waals surface area contributed by atoms with Crippen LogP contribution in [0.25, 0.3) is 0 Å². The largest absolute Gasteiger partial charge is 0.298 e. The second-order valence-corrected chi connectivity index (χ2v) is 8.82. The molecule has 1 amide bonds. The Morgan fingerprint density at radius 1 is 1.14 bits per heavy atom. The quantitative estimate of drug-likeness (QED) is 0.565. The van der Waals surface area contributed by atoms with Crippen molar-refractivity contribution in [3.63, 3.8) is 0 Å². The number of anilines is 1. The molecule has 148 valence electrons. The molecule has 0 spiro atoms. The van der Waals surface area contributed by atoms with Crippen LogP contribution < -0.4 is 10.0 Å². The van der Waals surface area contributed by atoms with Crippen molar-refractivity contribution in [1.82, 2.24) is 9.71 Å². The molecular formula is C20H16FN3O3S2. The Kier molecular flexibility index (Phi) is 6.39. The number of terminal acetylenes is 1. The number of nitrogens with one attached hydrogen (secondary N) is 2. The molecular weight excluding hydrogens is 413 g/mol. The molecule has 0 radical (unpaired) electrons. The van der Waals surface area contributed by atoms with Crippen molar-refractivity contribution in [1.29, 1.82) is 0 Å². The highest BCUT2D eigenvalue weighted by atomic mass is 32.2. The predicted molar refractivity (Wildman–Crippen MR) is 110 cm³/mol. The van der Waals surface area contributed by atoms with Gasteiger partial charge in [-0.15, -0.1) is 17.8 Å². The number of amides is 1. The molecule has 2 aromatic carbocycles. The molecule has 0 atom stereocenters. The van der Waals surface area contributed by atoms with Gasteiger partial charge in [0.15, 0.2) is 5.13 Å². The minimum Gasteiger partial charge on any atom is -0.298 e. The lowest BCUT2D eigenvalue weighted by Gasteiger charge is -2.05. The summed E-state index contributed by atoms with van der Waals surface area (Å²) in [7, 11) is -3.71. The molecule has 1 aromatic heterocycles. The summed E-state index contributed by atoms with van der Waals surface area (Å²) in [5.74, 6) is 1.49. The molecule has 0 aliphatic heterocycles. The smallest absolute Gasteiger partial charge is 0.257 e. The van der Waals surface area contributed by atoms with Gasteiger partial charge in [-0.25, -0.2) is 17.8 Å². The van der Waals surface area contributed by atoms with Gasteiger partial charge in [0.2, 0.25) is 10.0 Å². The van der Waals surface area contributed by atoms with Crippen LogP contribution in [0.5, 0.6) is 0 Å². The number of hydrogen-bond acceptors (Lipinski definition) is 5. The summed E-state index contributed by atoms with van der Waals surface area (Å²) >= 11 is 1.31. The van der Waals surface area contributed by atoms with Crippen molar-refractivity contribution in [3.8, 4) is 12.3 Å². The maximum absolute atomic E-state index is 13.0. The molecule has 3 rings (SSSR count). The summed E-state index contributed by atoms with van der Waals surface area (Å²) in [6, 6.07) is 11.7. The summed E-state index contributed by atoms with van der Waals surface area (Å²) in [5.41, 5.74) is 1.22. The highest BCUT2D eigenvalue weighted by Crippen LogP contribution is 2.22. The van der Waals surface area contributed by atoms with Gasteiger partial charge >= 0.3 is 0 Å². The lowest BCUT2D eigenvalue weighted by atomic mass is 10.1. The highest BCUT2D eigenvalue weighted by molar-refractivity contribution is 7.89. The van der Waals surface area contributed by atoms with Gasteiger partial charge < -0.3 is 0 Å². The number of carbonyl (C=O) groups is 1. The van der Waals surface area contributed by atoms with E-state index in [2.05, 4.69) is 20.9 Å². The number of halogens is 1. The Balaban J connectivity index is 1.64. The number of rotatable bonds is 7. The van der Waals surface area contributed by atoms with E-state index in [0.29, 0.717) is 11.6 Å². The molecule has 0 saturated heterocycles. The molecule has 2 N–H and O–H groups in total. The average molecular weight is 429 g/mol. The van der Waals surface area contributed by atoms with Crippen molar-refractivity contribution < 1.29 is 17.6 Å². The van der Waals surface area contributed by atoms with Crippen molar-refractivity contribution in [2.75, 3.05) is 11.9 Å². The van der Waals surface area contributed by atoms with E-state index >= 15 is 0 Å². The molecule has 0 fully saturated rings. The van der Waals surface area contributed by atoms with Crippen LogP contribution in [0.2, 0.25) is 0 Å². The number of sulfonamides is 1. The minimum atomic E-state index is -3.71. The maximum atomic E-state index is 13.0. The van der Waals surface area contributed by atoms with Gasteiger partial charge in [-0.2, -0.15) is 4.72 Å². The van der Waals surface area contributed by atoms with Gasteiger partial charge in [0, 0.05) is 23.1 Å². The zero-order valence-electron chi connectivity index (χ0n) is 15.1. The van der Waals surface area contributed by atoms with Crippen LogP contribution in [0.15, 0.2) is 59.6 Å². The van der Waals surface area contributed by atoms with E-state index in [0.717, 1.165) is 10.4 Å². The molecule has 9 heteroatoms. The predicted octanol–water partition coefficient (Wildman–Crippen LogP) is 3.04. The second kappa shape index (κ2) is 8.96. The third kappa shape index (κ3) is 5.48. The van der Waals surface area contributed by atoms with Crippen LogP contribution >= 0.6 is 11.3 Å². The van der Waals surface area contributed by atoms with E-state index in [-0.39, 0.29) is 22.8 Å². The fraction of sp³-hybridized carbons (Fsp3) is 0.100. The van der Waals surface area contributed by atoms with Crippen LogP contribution in [0.1, 0.15) is 20.8 Å². The van der Waals surface area contributed by atoms with Crippen molar-refractivity contribution in [2.45, 2.75) is 11.3 Å². The Bertz CT molecular complexity index is 1150. The van der Waals surface area contributed by atoms with Gasteiger partial charge in [0.25, 0.3) is 5.91 Å². The lowest BCUT2D eigenvalue weighted by Crippen LogP contribution is -2.24. The van der Waals surface area contributed by atoms with Crippen molar-refractivity contribution in [3.05, 3.63) is 76.5 Å². The number of aromatic nitrogens is 1. The van der Waals surface area contributed by atoms with Crippen molar-refractivity contribution in [2.24, 2.45) is 0 Å². The molecule has 29 heavy (non-hydrogen) atoms. The van der Waals surface area contributed by atoms with Gasteiger partial charge in [0.1, 0.15) is 5.82 Å². The van der Waals surface area contributed by atoms with E-state index in [9.17, 15) is 17.6 Å². The van der Waals surface area contributed by atoms with E-state index < -0.39 is 15.9 Å². The summed E-state index contributed by atoms with van der Waals surface area (Å²) in [4.78, 5) is 17.5. The summed E-state index contributed by atoms with van der Waals surface area (Å²) in [5, 5.41) is 3.10. The number of benzene rings is 2. The first-order valence-corrected chi connectivity index (χ1v) is 10.7. The summed E-state index contributed by atoms with van der Waals surface area (Å²) in [6.07, 6.45) is 7.28. The topological polar surface area (TPSA) is 88.2 Å². The fourth-order valence-electron chi connectivity index (χ4n) is 2.43. The average Bonchev–Trinajstić information content (AvgIpc) is 3.15. The monoisotopic (exact) mass is 429 g/mol. The normalized spacial score (nSPS) is 11.0. The first-order chi connectivity index (χ1) is 13.9. The SMILES string of the molecule is C#CCNS(=O)(=O)c1ccc(C(=O)Nc2ncc(Cc3ccc(F)cc3)s2)cc1. The van der Waals surface area contributed by atoms with Crippen LogP contribution in [-0.4, -0.2) is 25.9 Å². The zero-order valence-corrected chi connectivity index (χ0v) is 16.7. The van der Waals surface area contributed by atoms with E-state index in [1.54, 1.807) is 18.3 Å². The van der Waals surface area contributed by atoms with Crippen LogP contribution in [0.4, 0.5) is 9.52 Å². The maximum Gasteiger partial charge on any atom is 0.257 e. The molecule has 0 unspecified atom stereocenters. The molecule has 0 bridgehead atoms. The van der Waals surface area contributed by atoms with Crippen LogP contribution in [-0.2, 0) is 16.4 Å². The van der Waals surface area contributed by atoms with Crippen LogP contribution in [0.3, 0.4) is 0 Å². The molecule has 3 aromatic rings. The van der Waals surface area contributed by atoms with Crippen LogP contribution in [0, 0.1) is 18.2 Å². The van der Waals surface area contributed by atoms with Gasteiger partial charge in [-0.1, -0.05) is 18.1 Å². The molecule has 0 saturated carbocycles. The zero-order chi connectivity index (χ0) is 20.9. The first-order valence-electron chi connectivity index (χ1n) is 8.41. The highest BCUT2D eigenvalue weighted by Gasteiger charge is 2.15. The third-order valence-electron chi connectivity index (χ3n) is 3.86. The van der Waals surface area contributed by atoms with E-state index in [4.69, 9.17) is 6.42 Å². The Morgan fingerprint density at radius 2 is 1.83 bits per heavy atom. The fourth-order valence-corrected chi connectivity index (χ4v) is 4.20. The van der Waals surface area contributed by atoms with Gasteiger partial charge in [0.05, 0.1) is 11.4 Å². The Hall–Kier alpha value is -3.06. The molecule has 1 heterocycles. The number of thiazole rings is 1. The third-order valence-corrected chi connectivity index (χ3v) is 6.19. The van der Waals surface area contributed by atoms with Gasteiger partial charge in [-0.05, 0) is 42.0 Å². The first kappa shape index (κ1) is 20.7. The summed E-state index contributed by atoms with van der Waals surface area (Å²) < 4.78 is 39.2. The standard InChI is InChI=1S/C20H16FN3O3S2/c1-2-11-23-29(26,27)18-9-5-15(6-10-18)19(25)24-20-22-13-17(28-20)12-14-3-7-16(21)8-4-14/h1,3-10,13,23H,11-12H2,(H,22,24,25). The van der Waals surface area contributed by atoms with Gasteiger partial charge in [-0.3, -0.25) is 10.1 Å². The minimum absolute atomic E-state index is 0.0140. The molecule has 6 nitrogen and oxygen atoms in total. The number of hydrogen-bond donors (Lipinski definition) is 2.